The summed E-state index contributed by atoms with van der Waals surface area (Å²) in [5.74, 6) is -2.90. The highest BCUT2D eigenvalue weighted by Gasteiger charge is 2.31. The molecule has 42 heavy (non-hydrogen) atoms. The summed E-state index contributed by atoms with van der Waals surface area (Å²) in [4.78, 5) is 25.7. The van der Waals surface area contributed by atoms with E-state index in [0.717, 1.165) is 18.2 Å². The number of carbonyl (C=O) groups excluding carboxylic acids is 1. The summed E-state index contributed by atoms with van der Waals surface area (Å²) in [5.41, 5.74) is 12.0. The first-order valence-corrected chi connectivity index (χ1v) is 14.5. The SMILES string of the molecule is [N-]=[N+]=NCCCNC(=O)c1ccc(-c2c3ccc(=N)c(S(=O)(=O)O)c-3oc3c(S(=O)(=O)O)c(N)ccc23)c(C(=O)O)c1. The first-order chi connectivity index (χ1) is 19.7. The number of azide groups is 1. The number of nitrogens with two attached hydrogens (primary N) is 1. The van der Waals surface area contributed by atoms with Crippen LogP contribution in [0.15, 0.2) is 61.8 Å². The Hall–Kier alpha value is -5.00. The van der Waals surface area contributed by atoms with Crippen LogP contribution < -0.4 is 16.4 Å². The number of anilines is 1. The lowest BCUT2D eigenvalue weighted by atomic mass is 9.89. The molecule has 7 N–H and O–H groups in total. The maximum atomic E-state index is 12.7. The number of nitrogens with zero attached hydrogens (tertiary/aromatic N) is 3. The van der Waals surface area contributed by atoms with Gasteiger partial charge in [0.1, 0.15) is 0 Å². The fraction of sp³-hybridized carbons (Fsp3) is 0.125. The number of carboxylic acid groups (broad SMARTS) is 1. The second kappa shape index (κ2) is 11.1. The highest BCUT2D eigenvalue weighted by atomic mass is 32.2. The van der Waals surface area contributed by atoms with E-state index in [-0.39, 0.29) is 40.7 Å². The van der Waals surface area contributed by atoms with Crippen molar-refractivity contribution >= 4 is 48.8 Å². The molecule has 1 aliphatic heterocycles. The molecule has 0 saturated heterocycles. The highest BCUT2D eigenvalue weighted by Crippen LogP contribution is 2.45. The number of aromatic carboxylic acids is 1. The molecule has 0 atom stereocenters. The minimum Gasteiger partial charge on any atom is -0.478 e. The number of carboxylic acids is 1. The van der Waals surface area contributed by atoms with Gasteiger partial charge in [0.15, 0.2) is 21.1 Å². The van der Waals surface area contributed by atoms with Crippen LogP contribution in [0.1, 0.15) is 27.1 Å². The lowest BCUT2D eigenvalue weighted by molar-refractivity contribution is 0.0697. The summed E-state index contributed by atoms with van der Waals surface area (Å²) in [6, 6.07) is 8.05. The molecule has 0 unspecified atom stereocenters. The van der Waals surface area contributed by atoms with E-state index in [0.29, 0.717) is 6.42 Å². The number of fused-ring (bicyclic) bond motifs is 2. The minimum atomic E-state index is -5.17. The van der Waals surface area contributed by atoms with Crippen LogP contribution in [0, 0.1) is 5.41 Å². The zero-order valence-corrected chi connectivity index (χ0v) is 22.7. The van der Waals surface area contributed by atoms with Crippen LogP contribution in [0.4, 0.5) is 5.69 Å². The lowest BCUT2D eigenvalue weighted by Gasteiger charge is -2.20. The summed E-state index contributed by atoms with van der Waals surface area (Å²) < 4.78 is 74.5. The highest BCUT2D eigenvalue weighted by molar-refractivity contribution is 7.86. The van der Waals surface area contributed by atoms with Crippen LogP contribution in [-0.4, -0.2) is 56.0 Å². The standard InChI is InChI=1S/C24H20N6O10S2/c25-16-6-4-13-18(12-3-2-11(10-15(12)24(32)33)23(31)28-8-1-9-29-30-27)14-5-7-17(26)22(42(37,38)39)20(14)40-19(13)21(16)41(34,35)36/h2-7,10,25H,1,8-9,26H2,(H,28,31)(H,32,33)(H,34,35,36)(H,37,38,39). The number of rotatable bonds is 9. The fourth-order valence-electron chi connectivity index (χ4n) is 4.38. The Morgan fingerprint density at radius 1 is 1.02 bits per heavy atom. The third-order valence-corrected chi connectivity index (χ3v) is 7.94. The van der Waals surface area contributed by atoms with Crippen LogP contribution in [0.25, 0.3) is 43.9 Å². The van der Waals surface area contributed by atoms with Gasteiger partial charge in [-0.2, -0.15) is 16.8 Å². The smallest absolute Gasteiger partial charge is 0.336 e. The van der Waals surface area contributed by atoms with Crippen LogP contribution in [0.3, 0.4) is 0 Å². The molecule has 0 fully saturated rings. The molecule has 18 heteroatoms. The van der Waals surface area contributed by atoms with Gasteiger partial charge in [-0.25, -0.2) is 4.79 Å². The van der Waals surface area contributed by atoms with Crippen molar-refractivity contribution in [1.82, 2.24) is 5.32 Å². The second-order valence-corrected chi connectivity index (χ2v) is 11.5. The Morgan fingerprint density at radius 3 is 2.31 bits per heavy atom. The van der Waals surface area contributed by atoms with Crippen molar-refractivity contribution < 1.29 is 45.1 Å². The normalized spacial score (nSPS) is 11.8. The number of nitrogen functional groups attached to an aromatic ring is 1. The molecule has 0 bridgehead atoms. The Labute approximate surface area is 236 Å². The van der Waals surface area contributed by atoms with Crippen LogP contribution in [0.2, 0.25) is 0 Å². The lowest BCUT2D eigenvalue weighted by Crippen LogP contribution is -2.25. The monoisotopic (exact) mass is 616 g/mol. The molecular weight excluding hydrogens is 596 g/mol. The van der Waals surface area contributed by atoms with Gasteiger partial charge in [-0.15, -0.1) is 0 Å². The van der Waals surface area contributed by atoms with Gasteiger partial charge in [0.05, 0.1) is 16.6 Å². The number of hydrogen-bond donors (Lipinski definition) is 6. The molecule has 1 aliphatic carbocycles. The van der Waals surface area contributed by atoms with Crippen LogP contribution in [0.5, 0.6) is 0 Å². The zero-order chi connectivity index (χ0) is 31.0. The Kier molecular flexibility index (Phi) is 7.93. The summed E-state index contributed by atoms with van der Waals surface area (Å²) in [6.07, 6.45) is 0.318. The molecule has 16 nitrogen and oxygen atoms in total. The first-order valence-electron chi connectivity index (χ1n) is 11.6. The van der Waals surface area contributed by atoms with E-state index in [1.165, 1.54) is 24.3 Å². The van der Waals surface area contributed by atoms with E-state index in [2.05, 4.69) is 15.3 Å². The fourth-order valence-corrected chi connectivity index (χ4v) is 5.86. The zero-order valence-electron chi connectivity index (χ0n) is 21.1. The molecule has 218 valence electrons. The van der Waals surface area contributed by atoms with Gasteiger partial charge in [-0.3, -0.25) is 19.3 Å². The minimum absolute atomic E-state index is 0.0795. The van der Waals surface area contributed by atoms with Gasteiger partial charge in [-0.1, -0.05) is 11.2 Å². The maximum Gasteiger partial charge on any atom is 0.336 e. The number of benzene rings is 3. The largest absolute Gasteiger partial charge is 0.478 e. The number of hydrogen-bond acceptors (Lipinski definition) is 10. The van der Waals surface area contributed by atoms with Crippen LogP contribution >= 0.6 is 0 Å². The Bertz CT molecular complexity index is 2080. The molecular formula is C24H20N6O10S2. The average Bonchev–Trinajstić information content (AvgIpc) is 2.89. The molecule has 1 heterocycles. The van der Waals surface area contributed by atoms with Crippen molar-refractivity contribution in [3.8, 4) is 22.5 Å². The molecule has 0 radical (unpaired) electrons. The van der Waals surface area contributed by atoms with E-state index in [9.17, 15) is 40.6 Å². The Balaban J connectivity index is 2.08. The van der Waals surface area contributed by atoms with Crippen LogP contribution in [-0.2, 0) is 20.2 Å². The van der Waals surface area contributed by atoms with Gasteiger partial charge in [-0.05, 0) is 53.9 Å². The van der Waals surface area contributed by atoms with Crippen molar-refractivity contribution in [2.75, 3.05) is 18.8 Å². The topological polar surface area (TPSA) is 287 Å². The van der Waals surface area contributed by atoms with Gasteiger partial charge >= 0.3 is 5.97 Å². The molecule has 4 rings (SSSR count). The van der Waals surface area contributed by atoms with E-state index in [1.54, 1.807) is 0 Å². The van der Waals surface area contributed by atoms with Crippen molar-refractivity contribution in [2.24, 2.45) is 5.11 Å². The number of carbonyl (C=O) groups is 2. The molecule has 1 amide bonds. The summed E-state index contributed by atoms with van der Waals surface area (Å²) in [7, 11) is -10.3. The summed E-state index contributed by atoms with van der Waals surface area (Å²) >= 11 is 0. The Morgan fingerprint density at radius 2 is 1.69 bits per heavy atom. The van der Waals surface area contributed by atoms with Gasteiger partial charge in [0.25, 0.3) is 26.1 Å². The summed E-state index contributed by atoms with van der Waals surface area (Å²) in [5, 5.41) is 23.1. The van der Waals surface area contributed by atoms with Crippen molar-refractivity contribution in [3.63, 3.8) is 0 Å². The molecule has 2 aliphatic rings. The van der Waals surface area contributed by atoms with E-state index in [1.807, 2.05) is 0 Å². The average molecular weight is 617 g/mol. The summed E-state index contributed by atoms with van der Waals surface area (Å²) in [6.45, 7) is 0.238. The van der Waals surface area contributed by atoms with Gasteiger partial charge < -0.3 is 20.6 Å². The number of nitrogens with one attached hydrogen (secondary N) is 2. The molecule has 0 aromatic heterocycles. The van der Waals surface area contributed by atoms with Crippen molar-refractivity contribution in [2.45, 2.75) is 16.2 Å². The molecule has 0 saturated carbocycles. The van der Waals surface area contributed by atoms with E-state index in [4.69, 9.17) is 21.1 Å². The van der Waals surface area contributed by atoms with Gasteiger partial charge in [0.2, 0.25) is 0 Å². The van der Waals surface area contributed by atoms with E-state index < -0.39 is 69.9 Å². The first kappa shape index (κ1) is 30.0. The van der Waals surface area contributed by atoms with E-state index >= 15 is 0 Å². The molecule has 0 spiro atoms. The quantitative estimate of drug-likeness (QED) is 0.0302. The van der Waals surface area contributed by atoms with Crippen molar-refractivity contribution in [1.29, 1.82) is 5.41 Å². The second-order valence-electron chi connectivity index (χ2n) is 8.74. The third kappa shape index (κ3) is 5.60. The third-order valence-electron chi connectivity index (χ3n) is 6.08. The predicted molar refractivity (Wildman–Crippen MR) is 146 cm³/mol. The molecule has 2 aromatic rings. The molecule has 2 aromatic carbocycles. The predicted octanol–water partition coefficient (Wildman–Crippen LogP) is 2.89. The maximum absolute atomic E-state index is 12.7. The number of amides is 1. The van der Waals surface area contributed by atoms with Gasteiger partial charge in [0, 0.05) is 40.1 Å². The van der Waals surface area contributed by atoms with Crippen molar-refractivity contribution in [3.05, 3.63) is 69.4 Å².